The fourth-order valence-corrected chi connectivity index (χ4v) is 3.06. The van der Waals surface area contributed by atoms with Crippen molar-refractivity contribution in [2.75, 3.05) is 5.32 Å². The second kappa shape index (κ2) is 5.68. The fraction of sp³-hybridized carbons (Fsp3) is 0.125. The first-order valence-corrected chi connectivity index (χ1v) is 7.69. The van der Waals surface area contributed by atoms with Crippen LogP contribution in [0.5, 0.6) is 0 Å². The monoisotopic (exact) mass is 410 g/mol. The van der Waals surface area contributed by atoms with Crippen molar-refractivity contribution in [2.24, 2.45) is 4.99 Å². The molecule has 0 saturated heterocycles. The highest BCUT2D eigenvalue weighted by Gasteiger charge is 2.23. The molecule has 2 aromatic carbocycles. The Balaban J connectivity index is 2.12. The van der Waals surface area contributed by atoms with E-state index >= 15 is 0 Å². The highest BCUT2D eigenvalue weighted by molar-refractivity contribution is 14.1. The molecule has 2 aromatic rings. The Labute approximate surface area is 140 Å². The van der Waals surface area contributed by atoms with Gasteiger partial charge in [-0.15, -0.1) is 0 Å². The van der Waals surface area contributed by atoms with Crippen molar-refractivity contribution in [3.05, 3.63) is 50.3 Å². The Morgan fingerprint density at radius 1 is 1.41 bits per heavy atom. The molecule has 1 heterocycles. The first-order chi connectivity index (χ1) is 10.5. The Bertz CT molecular complexity index is 818. The summed E-state index contributed by atoms with van der Waals surface area (Å²) in [4.78, 5) is 15.5. The fourth-order valence-electron chi connectivity index (χ4n) is 2.42. The maximum absolute atomic E-state index is 14.7. The molecule has 0 fully saturated rings. The number of benzene rings is 2. The van der Waals surface area contributed by atoms with Crippen LogP contribution in [0.1, 0.15) is 21.5 Å². The highest BCUT2D eigenvalue weighted by Crippen LogP contribution is 2.36. The van der Waals surface area contributed by atoms with Crippen LogP contribution in [0.2, 0.25) is 0 Å². The van der Waals surface area contributed by atoms with Crippen LogP contribution in [0.15, 0.2) is 29.3 Å². The summed E-state index contributed by atoms with van der Waals surface area (Å²) < 4.78 is 15.7. The van der Waals surface area contributed by atoms with Gasteiger partial charge in [-0.2, -0.15) is 0 Å². The number of aryl methyl sites for hydroxylation is 1. The van der Waals surface area contributed by atoms with Crippen LogP contribution in [0, 0.1) is 16.3 Å². The molecule has 112 valence electrons. The summed E-state index contributed by atoms with van der Waals surface area (Å²) >= 11 is 2.19. The third kappa shape index (κ3) is 2.58. The zero-order chi connectivity index (χ0) is 15.9. The SMILES string of the molecule is Cc1cc(I)ccc1Nc1c(C(=O)O)cc2c(c1F)CC=N2. The summed E-state index contributed by atoms with van der Waals surface area (Å²) in [5.74, 6) is -1.74. The number of halogens is 2. The van der Waals surface area contributed by atoms with Crippen LogP contribution in [0.25, 0.3) is 0 Å². The van der Waals surface area contributed by atoms with E-state index in [4.69, 9.17) is 0 Å². The van der Waals surface area contributed by atoms with Crippen molar-refractivity contribution < 1.29 is 14.3 Å². The number of fused-ring (bicyclic) bond motifs is 1. The molecular weight excluding hydrogens is 398 g/mol. The lowest BCUT2D eigenvalue weighted by atomic mass is 10.0. The van der Waals surface area contributed by atoms with Crippen LogP contribution < -0.4 is 5.32 Å². The van der Waals surface area contributed by atoms with Crippen molar-refractivity contribution in [2.45, 2.75) is 13.3 Å². The molecule has 0 bridgehead atoms. The van der Waals surface area contributed by atoms with Gasteiger partial charge in [-0.05, 0) is 59.3 Å². The van der Waals surface area contributed by atoms with Crippen LogP contribution in [0.3, 0.4) is 0 Å². The van der Waals surface area contributed by atoms with E-state index in [1.165, 1.54) is 6.07 Å². The zero-order valence-electron chi connectivity index (χ0n) is 11.7. The number of rotatable bonds is 3. The van der Waals surface area contributed by atoms with Gasteiger partial charge in [-0.3, -0.25) is 4.99 Å². The highest BCUT2D eigenvalue weighted by atomic mass is 127. The van der Waals surface area contributed by atoms with Gasteiger partial charge in [-0.1, -0.05) is 0 Å². The van der Waals surface area contributed by atoms with Gasteiger partial charge in [0, 0.05) is 27.5 Å². The van der Waals surface area contributed by atoms with Crippen LogP contribution >= 0.6 is 22.6 Å². The molecule has 0 amide bonds. The van der Waals surface area contributed by atoms with E-state index in [0.717, 1.165) is 9.13 Å². The summed E-state index contributed by atoms with van der Waals surface area (Å²) in [6.45, 7) is 1.89. The van der Waals surface area contributed by atoms with Crippen LogP contribution in [-0.4, -0.2) is 17.3 Å². The molecule has 1 aliphatic heterocycles. The summed E-state index contributed by atoms with van der Waals surface area (Å²) in [6.07, 6.45) is 1.96. The molecule has 0 radical (unpaired) electrons. The van der Waals surface area contributed by atoms with E-state index in [9.17, 15) is 14.3 Å². The first kappa shape index (κ1) is 15.0. The molecule has 0 spiro atoms. The number of hydrogen-bond donors (Lipinski definition) is 2. The minimum Gasteiger partial charge on any atom is -0.478 e. The van der Waals surface area contributed by atoms with Gasteiger partial charge >= 0.3 is 5.97 Å². The minimum atomic E-state index is -1.19. The topological polar surface area (TPSA) is 61.7 Å². The van der Waals surface area contributed by atoms with E-state index in [0.29, 0.717) is 23.4 Å². The van der Waals surface area contributed by atoms with Crippen molar-refractivity contribution >= 4 is 51.8 Å². The van der Waals surface area contributed by atoms with E-state index in [1.54, 1.807) is 6.21 Å². The van der Waals surface area contributed by atoms with Gasteiger partial charge in [-0.25, -0.2) is 9.18 Å². The van der Waals surface area contributed by atoms with Crippen LogP contribution in [0.4, 0.5) is 21.5 Å². The lowest BCUT2D eigenvalue weighted by Crippen LogP contribution is -2.07. The number of nitrogens with zero attached hydrogens (tertiary/aromatic N) is 1. The number of carboxylic acids is 1. The summed E-state index contributed by atoms with van der Waals surface area (Å²) in [5, 5.41) is 12.3. The zero-order valence-corrected chi connectivity index (χ0v) is 13.8. The number of hydrogen-bond acceptors (Lipinski definition) is 3. The number of nitrogens with one attached hydrogen (secondary N) is 1. The van der Waals surface area contributed by atoms with Crippen molar-refractivity contribution in [3.8, 4) is 0 Å². The molecule has 0 aliphatic carbocycles. The Morgan fingerprint density at radius 3 is 2.86 bits per heavy atom. The number of carbonyl (C=O) groups is 1. The summed E-state index contributed by atoms with van der Waals surface area (Å²) in [7, 11) is 0. The van der Waals surface area contributed by atoms with E-state index in [1.807, 2.05) is 25.1 Å². The number of aliphatic imine (C=N–C) groups is 1. The summed E-state index contributed by atoms with van der Waals surface area (Å²) in [5.41, 5.74) is 2.28. The second-order valence-electron chi connectivity index (χ2n) is 5.02. The molecule has 0 saturated carbocycles. The molecule has 3 rings (SSSR count). The molecular formula is C16H12FIN2O2. The van der Waals surface area contributed by atoms with Gasteiger partial charge in [0.05, 0.1) is 16.9 Å². The van der Waals surface area contributed by atoms with E-state index in [2.05, 4.69) is 32.9 Å². The predicted octanol–water partition coefficient (Wildman–Crippen LogP) is 4.44. The number of carboxylic acid groups (broad SMARTS) is 1. The normalized spacial score (nSPS) is 12.3. The summed E-state index contributed by atoms with van der Waals surface area (Å²) in [6, 6.07) is 7.04. The molecule has 6 heteroatoms. The molecule has 2 N–H and O–H groups in total. The Hall–Kier alpha value is -1.96. The third-order valence-electron chi connectivity index (χ3n) is 3.55. The predicted molar refractivity (Wildman–Crippen MR) is 92.4 cm³/mol. The Morgan fingerprint density at radius 2 is 2.18 bits per heavy atom. The van der Waals surface area contributed by atoms with Crippen molar-refractivity contribution in [1.82, 2.24) is 0 Å². The smallest absolute Gasteiger partial charge is 0.338 e. The molecule has 0 unspecified atom stereocenters. The van der Waals surface area contributed by atoms with Gasteiger partial charge in [0.25, 0.3) is 0 Å². The average Bonchev–Trinajstić information content (AvgIpc) is 2.92. The maximum atomic E-state index is 14.7. The largest absolute Gasteiger partial charge is 0.478 e. The quantitative estimate of drug-likeness (QED) is 0.736. The first-order valence-electron chi connectivity index (χ1n) is 6.61. The Kier molecular flexibility index (Phi) is 3.86. The third-order valence-corrected chi connectivity index (χ3v) is 4.22. The van der Waals surface area contributed by atoms with Gasteiger partial charge in [0.1, 0.15) is 0 Å². The molecule has 22 heavy (non-hydrogen) atoms. The second-order valence-corrected chi connectivity index (χ2v) is 6.26. The van der Waals surface area contributed by atoms with Gasteiger partial charge < -0.3 is 10.4 Å². The standard InChI is InChI=1S/C16H12FIN2O2/c1-8-6-9(18)2-3-12(8)20-15-11(16(21)22)7-13-10(14(15)17)4-5-19-13/h2-3,5-7,20H,4H2,1H3,(H,21,22). The van der Waals surface area contributed by atoms with Crippen LogP contribution in [-0.2, 0) is 6.42 Å². The van der Waals surface area contributed by atoms with Gasteiger partial charge in [0.2, 0.25) is 0 Å². The number of aromatic carboxylic acids is 1. The lowest BCUT2D eigenvalue weighted by Gasteiger charge is -2.15. The van der Waals surface area contributed by atoms with E-state index in [-0.39, 0.29) is 11.3 Å². The molecule has 0 aromatic heterocycles. The van der Waals surface area contributed by atoms with E-state index < -0.39 is 11.8 Å². The molecule has 4 nitrogen and oxygen atoms in total. The maximum Gasteiger partial charge on any atom is 0.338 e. The van der Waals surface area contributed by atoms with Crippen molar-refractivity contribution in [3.63, 3.8) is 0 Å². The van der Waals surface area contributed by atoms with Gasteiger partial charge in [0.15, 0.2) is 5.82 Å². The molecule has 0 atom stereocenters. The minimum absolute atomic E-state index is 0.0129. The van der Waals surface area contributed by atoms with Crippen molar-refractivity contribution in [1.29, 1.82) is 0 Å². The molecule has 1 aliphatic rings. The average molecular weight is 410 g/mol. The lowest BCUT2D eigenvalue weighted by molar-refractivity contribution is 0.0697. The number of anilines is 2.